The van der Waals surface area contributed by atoms with Gasteiger partial charge in [0.2, 0.25) is 0 Å². The Morgan fingerprint density at radius 2 is 1.37 bits per heavy atom. The van der Waals surface area contributed by atoms with E-state index in [-0.39, 0.29) is 23.5 Å². The second-order valence-corrected chi connectivity index (χ2v) is 13.8. The van der Waals surface area contributed by atoms with Crippen molar-refractivity contribution in [2.45, 2.75) is 63.5 Å². The monoisotopic (exact) mass is 652 g/mol. The molecule has 0 aromatic heterocycles. The van der Waals surface area contributed by atoms with Crippen molar-refractivity contribution < 1.29 is 30.1 Å². The Labute approximate surface area is 282 Å². The van der Waals surface area contributed by atoms with Crippen molar-refractivity contribution >= 4 is 16.0 Å². The molecule has 4 aromatic carbocycles. The molecule has 1 heterocycles. The van der Waals surface area contributed by atoms with Crippen LogP contribution in [0, 0.1) is 11.8 Å². The van der Waals surface area contributed by atoms with Crippen LogP contribution in [0.25, 0.3) is 0 Å². The SMILES string of the molecule is COc1ccc(C2=NN(c3ccccc3)[C@H]([C](=[Cr])O[C@@H]3C[C@H](C)CC[C@H]3C(C)(C)c3ccccc3)[C@H]2c2ccc(OC)cc2)cc1. The van der Waals surface area contributed by atoms with Gasteiger partial charge in [-0.25, -0.2) is 0 Å². The molecule has 238 valence electrons. The second kappa shape index (κ2) is 14.0. The zero-order valence-electron chi connectivity index (χ0n) is 27.4. The molecule has 0 spiro atoms. The molecule has 5 nitrogen and oxygen atoms in total. The van der Waals surface area contributed by atoms with Crippen LogP contribution in [0.4, 0.5) is 5.69 Å². The molecule has 0 radical (unpaired) electrons. The van der Waals surface area contributed by atoms with Gasteiger partial charge in [-0.05, 0) is 0 Å². The third-order valence-corrected chi connectivity index (χ3v) is 10.5. The number of ether oxygens (including phenoxy) is 3. The summed E-state index contributed by atoms with van der Waals surface area (Å²) in [5.74, 6) is 2.50. The molecule has 0 bridgehead atoms. The maximum atomic E-state index is 7.24. The van der Waals surface area contributed by atoms with E-state index in [0.29, 0.717) is 11.8 Å². The molecular formula is C40H44CrN2O3. The van der Waals surface area contributed by atoms with E-state index in [4.69, 9.17) is 19.3 Å². The van der Waals surface area contributed by atoms with Gasteiger partial charge in [-0.15, -0.1) is 0 Å². The molecular weight excluding hydrogens is 608 g/mol. The Kier molecular flexibility index (Phi) is 9.80. The predicted molar refractivity (Wildman–Crippen MR) is 184 cm³/mol. The van der Waals surface area contributed by atoms with Crippen LogP contribution >= 0.6 is 0 Å². The third-order valence-electron chi connectivity index (χ3n) is 9.98. The number of nitrogens with zero attached hydrogens (tertiary/aromatic N) is 2. The first-order chi connectivity index (χ1) is 22.3. The zero-order valence-corrected chi connectivity index (χ0v) is 28.7. The average molecular weight is 653 g/mol. The van der Waals surface area contributed by atoms with Crippen LogP contribution in [0.1, 0.15) is 62.6 Å². The molecule has 6 rings (SSSR count). The van der Waals surface area contributed by atoms with E-state index >= 15 is 0 Å². The first-order valence-electron chi connectivity index (χ1n) is 16.3. The van der Waals surface area contributed by atoms with Gasteiger partial charge in [0.05, 0.1) is 0 Å². The Morgan fingerprint density at radius 3 is 1.98 bits per heavy atom. The summed E-state index contributed by atoms with van der Waals surface area (Å²) in [4.78, 5) is 0. The van der Waals surface area contributed by atoms with E-state index in [1.54, 1.807) is 14.2 Å². The summed E-state index contributed by atoms with van der Waals surface area (Å²) in [5, 5.41) is 7.51. The van der Waals surface area contributed by atoms with Gasteiger partial charge in [0.1, 0.15) is 0 Å². The molecule has 6 heteroatoms. The van der Waals surface area contributed by atoms with Crippen LogP contribution in [-0.4, -0.2) is 36.6 Å². The molecule has 1 saturated carbocycles. The fraction of sp³-hybridized carbons (Fsp3) is 0.350. The Balaban J connectivity index is 1.41. The Hall–Kier alpha value is -3.69. The van der Waals surface area contributed by atoms with Gasteiger partial charge in [-0.3, -0.25) is 0 Å². The summed E-state index contributed by atoms with van der Waals surface area (Å²) in [6.07, 6.45) is 3.42. The summed E-state index contributed by atoms with van der Waals surface area (Å²) >= 11 is 3.44. The van der Waals surface area contributed by atoms with Crippen LogP contribution < -0.4 is 14.5 Å². The fourth-order valence-electron chi connectivity index (χ4n) is 7.30. The summed E-state index contributed by atoms with van der Waals surface area (Å²) in [6, 6.07) is 37.7. The van der Waals surface area contributed by atoms with E-state index in [1.165, 1.54) is 12.0 Å². The number of methoxy groups -OCH3 is 2. The van der Waals surface area contributed by atoms with Gasteiger partial charge in [-0.2, -0.15) is 0 Å². The number of anilines is 1. The molecule has 2 aliphatic rings. The molecule has 1 fully saturated rings. The van der Waals surface area contributed by atoms with Crippen molar-refractivity contribution in [3.63, 3.8) is 0 Å². The fourth-order valence-corrected chi connectivity index (χ4v) is 7.86. The van der Waals surface area contributed by atoms with Crippen LogP contribution in [0.15, 0.2) is 114 Å². The van der Waals surface area contributed by atoms with Gasteiger partial charge in [-0.1, -0.05) is 0 Å². The maximum absolute atomic E-state index is 7.24. The number of rotatable bonds is 10. The van der Waals surface area contributed by atoms with Crippen LogP contribution in [0.3, 0.4) is 0 Å². The number of hydrazone groups is 1. The minimum atomic E-state index is -0.203. The zero-order chi connectivity index (χ0) is 32.3. The molecule has 1 aliphatic heterocycles. The predicted octanol–water partition coefficient (Wildman–Crippen LogP) is 8.56. The molecule has 4 aromatic rings. The topological polar surface area (TPSA) is 43.3 Å². The second-order valence-electron chi connectivity index (χ2n) is 13.2. The average Bonchev–Trinajstić information content (AvgIpc) is 3.50. The van der Waals surface area contributed by atoms with E-state index in [2.05, 4.69) is 120 Å². The van der Waals surface area contributed by atoms with Crippen molar-refractivity contribution in [2.75, 3.05) is 19.2 Å². The van der Waals surface area contributed by atoms with Gasteiger partial charge in [0.25, 0.3) is 0 Å². The van der Waals surface area contributed by atoms with Crippen molar-refractivity contribution in [3.05, 3.63) is 126 Å². The van der Waals surface area contributed by atoms with E-state index in [0.717, 1.165) is 51.4 Å². The number of para-hydroxylation sites is 1. The summed E-state index contributed by atoms with van der Waals surface area (Å²) in [7, 11) is 3.40. The van der Waals surface area contributed by atoms with Gasteiger partial charge >= 0.3 is 283 Å². The number of hydrogen-bond donors (Lipinski definition) is 0. The Bertz CT molecular complexity index is 1640. The summed E-state index contributed by atoms with van der Waals surface area (Å²) in [5.41, 5.74) is 5.51. The van der Waals surface area contributed by atoms with Crippen LogP contribution in [0.5, 0.6) is 11.5 Å². The Morgan fingerprint density at radius 1 is 0.783 bits per heavy atom. The van der Waals surface area contributed by atoms with Gasteiger partial charge in [0, 0.05) is 0 Å². The standard InChI is InChI=1S/C40H44N2O3.Cr/c1-28-16-25-35(40(2,3)31-12-8-6-9-13-31)37(26-28)45-27-36-38(29-17-21-33(43-4)22-18-29)39(30-19-23-34(44-5)24-20-30)41-42(36)32-14-10-7-11-15-32;/h6-15,17-24,28,35-38H,16,25-26H2,1-5H3;/t28-,35-,36-,37-,38-;/m1./s1. The van der Waals surface area contributed by atoms with Crippen molar-refractivity contribution in [2.24, 2.45) is 16.9 Å². The van der Waals surface area contributed by atoms with Crippen LogP contribution in [-0.2, 0) is 26.0 Å². The molecule has 46 heavy (non-hydrogen) atoms. The van der Waals surface area contributed by atoms with Gasteiger partial charge in [0.15, 0.2) is 0 Å². The molecule has 0 N–H and O–H groups in total. The number of hydrogen-bond acceptors (Lipinski definition) is 5. The van der Waals surface area contributed by atoms with E-state index in [9.17, 15) is 0 Å². The van der Waals surface area contributed by atoms with Crippen molar-refractivity contribution in [1.29, 1.82) is 0 Å². The third kappa shape index (κ3) is 6.58. The van der Waals surface area contributed by atoms with Crippen molar-refractivity contribution in [3.8, 4) is 11.5 Å². The molecule has 0 amide bonds. The molecule has 0 unspecified atom stereocenters. The van der Waals surface area contributed by atoms with Crippen molar-refractivity contribution in [1.82, 2.24) is 0 Å². The molecule has 1 aliphatic carbocycles. The first-order valence-corrected chi connectivity index (χ1v) is 16.9. The summed E-state index contributed by atoms with van der Waals surface area (Å²) < 4.78 is 19.1. The minimum absolute atomic E-state index is 0.0404. The quantitative estimate of drug-likeness (QED) is 0.172. The normalized spacial score (nSPS) is 23.1. The summed E-state index contributed by atoms with van der Waals surface area (Å²) in [6.45, 7) is 7.13. The molecule has 0 saturated heterocycles. The van der Waals surface area contributed by atoms with Gasteiger partial charge < -0.3 is 0 Å². The van der Waals surface area contributed by atoms with Crippen LogP contribution in [0.2, 0.25) is 0 Å². The number of benzene rings is 4. The van der Waals surface area contributed by atoms with E-state index in [1.807, 2.05) is 30.3 Å². The molecule has 5 atom stereocenters. The first kappa shape index (κ1) is 32.3. The van der Waals surface area contributed by atoms with E-state index < -0.39 is 0 Å².